The predicted molar refractivity (Wildman–Crippen MR) is 67.4 cm³/mol. The van der Waals surface area contributed by atoms with Crippen LogP contribution in [0.4, 0.5) is 0 Å². The fraction of sp³-hybridized carbons (Fsp3) is 0.400. The van der Waals surface area contributed by atoms with Gasteiger partial charge in [-0.05, 0) is 27.9 Å². The Kier molecular flexibility index (Phi) is 4.95. The van der Waals surface area contributed by atoms with Crippen LogP contribution in [0.3, 0.4) is 0 Å². The van der Waals surface area contributed by atoms with Gasteiger partial charge in [0.25, 0.3) is 0 Å². The summed E-state index contributed by atoms with van der Waals surface area (Å²) in [7, 11) is 0. The van der Waals surface area contributed by atoms with Crippen molar-refractivity contribution in [1.29, 1.82) is 0 Å². The molecule has 6 heteroatoms. The summed E-state index contributed by atoms with van der Waals surface area (Å²) >= 11 is 10.2. The molecule has 1 aromatic rings. The summed E-state index contributed by atoms with van der Waals surface area (Å²) < 4.78 is 1.24. The second kappa shape index (κ2) is 5.80. The third kappa shape index (κ3) is 3.88. The second-order valence-corrected chi connectivity index (χ2v) is 6.07. The molecule has 16 heavy (non-hydrogen) atoms. The molecule has 0 radical (unpaired) electrons. The monoisotopic (exact) mass is 324 g/mol. The summed E-state index contributed by atoms with van der Waals surface area (Å²) in [6.45, 7) is 1.75. The molecular weight excluding hydrogens is 316 g/mol. The number of hydrogen-bond acceptors (Lipinski definition) is 3. The molecule has 0 saturated carbocycles. The van der Waals surface area contributed by atoms with E-state index in [1.807, 2.05) is 0 Å². The molecule has 0 fully saturated rings. The molecule has 1 heterocycles. The lowest BCUT2D eigenvalue weighted by molar-refractivity contribution is -0.137. The molecule has 1 atom stereocenters. The van der Waals surface area contributed by atoms with Gasteiger partial charge in [0.05, 0.1) is 4.88 Å². The topological polar surface area (TPSA) is 54.4 Å². The molecule has 0 aromatic carbocycles. The molecule has 0 amide bonds. The van der Waals surface area contributed by atoms with Crippen LogP contribution in [0.5, 0.6) is 0 Å². The Morgan fingerprint density at radius 3 is 2.62 bits per heavy atom. The van der Waals surface area contributed by atoms with E-state index in [1.54, 1.807) is 13.0 Å². The van der Waals surface area contributed by atoms with Crippen molar-refractivity contribution in [3.8, 4) is 0 Å². The van der Waals surface area contributed by atoms with Crippen molar-refractivity contribution < 1.29 is 14.7 Å². The van der Waals surface area contributed by atoms with Gasteiger partial charge in [-0.25, -0.2) is 0 Å². The van der Waals surface area contributed by atoms with E-state index in [-0.39, 0.29) is 24.5 Å². The molecule has 1 aromatic heterocycles. The number of halogens is 2. The van der Waals surface area contributed by atoms with Crippen LogP contribution in [0.2, 0.25) is 4.34 Å². The maximum atomic E-state index is 11.7. The van der Waals surface area contributed by atoms with Gasteiger partial charge in [-0.3, -0.25) is 9.59 Å². The molecule has 88 valence electrons. The summed E-state index contributed by atoms with van der Waals surface area (Å²) in [5, 5.41) is 8.58. The minimum atomic E-state index is -0.884. The molecule has 1 rings (SSSR count). The van der Waals surface area contributed by atoms with Gasteiger partial charge in [-0.1, -0.05) is 18.5 Å². The van der Waals surface area contributed by atoms with Crippen molar-refractivity contribution in [2.24, 2.45) is 5.92 Å². The van der Waals surface area contributed by atoms with Crippen LogP contribution in [-0.4, -0.2) is 16.9 Å². The van der Waals surface area contributed by atoms with Crippen molar-refractivity contribution in [1.82, 2.24) is 0 Å². The number of carbonyl (C=O) groups excluding carboxylic acids is 1. The highest BCUT2D eigenvalue weighted by Gasteiger charge is 2.17. The number of carboxylic acids is 1. The zero-order valence-electron chi connectivity index (χ0n) is 8.50. The Labute approximate surface area is 111 Å². The molecule has 0 aliphatic rings. The minimum Gasteiger partial charge on any atom is -0.481 e. The Morgan fingerprint density at radius 2 is 2.19 bits per heavy atom. The molecule has 3 nitrogen and oxygen atoms in total. The summed E-state index contributed by atoms with van der Waals surface area (Å²) in [5.41, 5.74) is 0. The van der Waals surface area contributed by atoms with Crippen LogP contribution in [0.15, 0.2) is 10.5 Å². The Bertz CT molecular complexity index is 397. The number of thiophene rings is 1. The van der Waals surface area contributed by atoms with Crippen LogP contribution in [0.25, 0.3) is 0 Å². The van der Waals surface area contributed by atoms with Crippen molar-refractivity contribution in [3.05, 3.63) is 19.8 Å². The number of hydrogen-bond donors (Lipinski definition) is 1. The van der Waals surface area contributed by atoms with E-state index in [0.717, 1.165) is 0 Å². The molecule has 0 aliphatic heterocycles. The van der Waals surface area contributed by atoms with Crippen LogP contribution < -0.4 is 0 Å². The van der Waals surface area contributed by atoms with E-state index >= 15 is 0 Å². The predicted octanol–water partition coefficient (Wildman–Crippen LogP) is 3.85. The average Bonchev–Trinajstić information content (AvgIpc) is 2.45. The lowest BCUT2D eigenvalue weighted by Gasteiger charge is -2.05. The number of carboxylic acid groups (broad SMARTS) is 1. The van der Waals surface area contributed by atoms with Crippen LogP contribution in [-0.2, 0) is 4.79 Å². The first kappa shape index (κ1) is 13.7. The third-order valence-corrected chi connectivity index (χ3v) is 4.49. The largest absolute Gasteiger partial charge is 0.481 e. The van der Waals surface area contributed by atoms with Gasteiger partial charge >= 0.3 is 5.97 Å². The van der Waals surface area contributed by atoms with E-state index in [0.29, 0.717) is 13.7 Å². The molecule has 0 bridgehead atoms. The number of aliphatic carboxylic acids is 1. The van der Waals surface area contributed by atoms with E-state index in [4.69, 9.17) is 16.7 Å². The lowest BCUT2D eigenvalue weighted by Crippen LogP contribution is -2.09. The highest BCUT2D eigenvalue weighted by molar-refractivity contribution is 9.10. The van der Waals surface area contributed by atoms with Gasteiger partial charge in [0.15, 0.2) is 5.78 Å². The second-order valence-electron chi connectivity index (χ2n) is 3.56. The highest BCUT2D eigenvalue weighted by atomic mass is 79.9. The fourth-order valence-corrected chi connectivity index (χ4v) is 2.92. The van der Waals surface area contributed by atoms with E-state index in [9.17, 15) is 9.59 Å². The number of Topliss-reactive ketones (excluding diaryl/α,β-unsaturated/α-hetero) is 1. The standard InChI is InChI=1S/C10H10BrClO3S/c1-5(3-9(14)15)2-7(13)8-4-6(11)10(12)16-8/h4-5H,2-3H2,1H3,(H,14,15). The van der Waals surface area contributed by atoms with Gasteiger partial charge < -0.3 is 5.11 Å². The fourth-order valence-electron chi connectivity index (χ4n) is 1.27. The minimum absolute atomic E-state index is 0.00597. The zero-order valence-corrected chi connectivity index (χ0v) is 11.7. The smallest absolute Gasteiger partial charge is 0.303 e. The zero-order chi connectivity index (χ0) is 12.3. The summed E-state index contributed by atoms with van der Waals surface area (Å²) in [5.74, 6) is -1.11. The van der Waals surface area contributed by atoms with Crippen LogP contribution in [0, 0.1) is 5.92 Å². The molecule has 0 saturated heterocycles. The summed E-state index contributed by atoms with van der Waals surface area (Å²) in [4.78, 5) is 22.8. The van der Waals surface area contributed by atoms with Gasteiger partial charge in [0.1, 0.15) is 4.34 Å². The van der Waals surface area contributed by atoms with E-state index in [2.05, 4.69) is 15.9 Å². The first-order chi connectivity index (χ1) is 7.40. The summed E-state index contributed by atoms with van der Waals surface area (Å²) in [6.07, 6.45) is 0.238. The Hall–Kier alpha value is -0.390. The van der Waals surface area contributed by atoms with Crippen molar-refractivity contribution >= 4 is 50.6 Å². The molecule has 0 aliphatic carbocycles. The van der Waals surface area contributed by atoms with Gasteiger partial charge in [0, 0.05) is 17.3 Å². The average molecular weight is 326 g/mol. The van der Waals surface area contributed by atoms with Crippen molar-refractivity contribution in [3.63, 3.8) is 0 Å². The van der Waals surface area contributed by atoms with E-state index < -0.39 is 5.97 Å². The van der Waals surface area contributed by atoms with Crippen LogP contribution in [0.1, 0.15) is 29.4 Å². The first-order valence-electron chi connectivity index (χ1n) is 4.60. The number of rotatable bonds is 5. The molecule has 1 unspecified atom stereocenters. The SMILES string of the molecule is CC(CC(=O)O)CC(=O)c1cc(Br)c(Cl)s1. The van der Waals surface area contributed by atoms with Crippen molar-refractivity contribution in [2.75, 3.05) is 0 Å². The highest BCUT2D eigenvalue weighted by Crippen LogP contribution is 2.33. The Morgan fingerprint density at radius 1 is 1.56 bits per heavy atom. The molecule has 0 spiro atoms. The lowest BCUT2D eigenvalue weighted by atomic mass is 10.0. The maximum Gasteiger partial charge on any atom is 0.303 e. The van der Waals surface area contributed by atoms with Crippen LogP contribution >= 0.6 is 38.9 Å². The molecular formula is C10H10BrClO3S. The van der Waals surface area contributed by atoms with Crippen molar-refractivity contribution in [2.45, 2.75) is 19.8 Å². The molecule has 1 N–H and O–H groups in total. The normalized spacial score (nSPS) is 12.4. The first-order valence-corrected chi connectivity index (χ1v) is 6.58. The number of carbonyl (C=O) groups is 2. The number of ketones is 1. The van der Waals surface area contributed by atoms with Gasteiger partial charge in [0.2, 0.25) is 0 Å². The quantitative estimate of drug-likeness (QED) is 0.837. The Balaban J connectivity index is 2.62. The van der Waals surface area contributed by atoms with Gasteiger partial charge in [-0.15, -0.1) is 11.3 Å². The van der Waals surface area contributed by atoms with E-state index in [1.165, 1.54) is 11.3 Å². The maximum absolute atomic E-state index is 11.7. The van der Waals surface area contributed by atoms with Gasteiger partial charge in [-0.2, -0.15) is 0 Å². The summed E-state index contributed by atoms with van der Waals surface area (Å²) in [6, 6.07) is 1.67. The third-order valence-electron chi connectivity index (χ3n) is 1.98.